The summed E-state index contributed by atoms with van der Waals surface area (Å²) in [7, 11) is 3.35. The largest absolute Gasteiger partial charge is 0.493 e. The normalized spacial score (nSPS) is 10.4. The lowest BCUT2D eigenvalue weighted by atomic mass is 10.1. The van der Waals surface area contributed by atoms with Crippen LogP contribution in [-0.2, 0) is 6.54 Å². The fraction of sp³-hybridized carbons (Fsp3) is 0.350. The zero-order valence-electron chi connectivity index (χ0n) is 14.9. The van der Waals surface area contributed by atoms with E-state index in [1.807, 2.05) is 24.3 Å². The topological polar surface area (TPSA) is 38.8 Å². The molecule has 1 amide bonds. The fourth-order valence-corrected chi connectivity index (χ4v) is 2.53. The molecule has 0 bridgehead atoms. The molecule has 0 saturated carbocycles. The van der Waals surface area contributed by atoms with Gasteiger partial charge in [0.05, 0.1) is 13.7 Å². The van der Waals surface area contributed by atoms with E-state index < -0.39 is 0 Å². The molecule has 0 N–H and O–H groups in total. The molecular weight excluding hydrogens is 338 g/mol. The number of halogens is 1. The minimum absolute atomic E-state index is 0.0756. The SMILES string of the molecule is CCCCOc1ccc(C(=O)N(C)Cc2ccc(Cl)cc2)cc1OC. The summed E-state index contributed by atoms with van der Waals surface area (Å²) in [6, 6.07) is 12.8. The fourth-order valence-electron chi connectivity index (χ4n) is 2.40. The molecule has 0 atom stereocenters. The molecule has 2 aromatic rings. The summed E-state index contributed by atoms with van der Waals surface area (Å²) in [5, 5.41) is 0.682. The van der Waals surface area contributed by atoms with E-state index in [2.05, 4.69) is 6.92 Å². The molecule has 5 heteroatoms. The molecular formula is C20H24ClNO3. The summed E-state index contributed by atoms with van der Waals surface area (Å²) in [4.78, 5) is 14.3. The molecule has 0 heterocycles. The Labute approximate surface area is 154 Å². The van der Waals surface area contributed by atoms with Crippen molar-refractivity contribution in [2.45, 2.75) is 26.3 Å². The van der Waals surface area contributed by atoms with Crippen LogP contribution in [0.1, 0.15) is 35.7 Å². The zero-order chi connectivity index (χ0) is 18.2. The molecule has 134 valence electrons. The molecule has 0 saturated heterocycles. The van der Waals surface area contributed by atoms with Gasteiger partial charge in [-0.2, -0.15) is 0 Å². The average Bonchev–Trinajstić information content (AvgIpc) is 2.63. The van der Waals surface area contributed by atoms with E-state index in [0.29, 0.717) is 35.2 Å². The van der Waals surface area contributed by atoms with Gasteiger partial charge >= 0.3 is 0 Å². The van der Waals surface area contributed by atoms with Crippen molar-refractivity contribution in [2.24, 2.45) is 0 Å². The maximum absolute atomic E-state index is 12.7. The molecule has 2 aromatic carbocycles. The highest BCUT2D eigenvalue weighted by atomic mass is 35.5. The number of nitrogens with zero attached hydrogens (tertiary/aromatic N) is 1. The van der Waals surface area contributed by atoms with E-state index in [9.17, 15) is 4.79 Å². The Morgan fingerprint density at radius 1 is 1.12 bits per heavy atom. The van der Waals surface area contributed by atoms with E-state index in [0.717, 1.165) is 18.4 Å². The molecule has 0 unspecified atom stereocenters. The molecule has 4 nitrogen and oxygen atoms in total. The van der Waals surface area contributed by atoms with E-state index >= 15 is 0 Å². The first-order valence-electron chi connectivity index (χ1n) is 8.36. The van der Waals surface area contributed by atoms with Crippen molar-refractivity contribution < 1.29 is 14.3 Å². The van der Waals surface area contributed by atoms with Crippen LogP contribution in [0.5, 0.6) is 11.5 Å². The summed E-state index contributed by atoms with van der Waals surface area (Å²) in [6.45, 7) is 3.25. The molecule has 0 aliphatic rings. The summed E-state index contributed by atoms with van der Waals surface area (Å²) in [6.07, 6.45) is 2.04. The predicted octanol–water partition coefficient (Wildman–Crippen LogP) is 4.80. The molecule has 0 aliphatic carbocycles. The van der Waals surface area contributed by atoms with Gasteiger partial charge in [-0.15, -0.1) is 0 Å². The van der Waals surface area contributed by atoms with E-state index in [-0.39, 0.29) is 5.91 Å². The second-order valence-corrected chi connectivity index (χ2v) is 6.29. The van der Waals surface area contributed by atoms with Gasteiger partial charge < -0.3 is 14.4 Å². The second-order valence-electron chi connectivity index (χ2n) is 5.86. The van der Waals surface area contributed by atoms with Gasteiger partial charge in [0.15, 0.2) is 11.5 Å². The molecule has 25 heavy (non-hydrogen) atoms. The van der Waals surface area contributed by atoms with Gasteiger partial charge in [-0.05, 0) is 42.3 Å². The average molecular weight is 362 g/mol. The molecule has 0 aromatic heterocycles. The lowest BCUT2D eigenvalue weighted by molar-refractivity contribution is 0.0784. The minimum Gasteiger partial charge on any atom is -0.493 e. The first-order chi connectivity index (χ1) is 12.0. The third kappa shape index (κ3) is 5.40. The Morgan fingerprint density at radius 2 is 1.84 bits per heavy atom. The molecule has 0 radical (unpaired) electrons. The number of ether oxygens (including phenoxy) is 2. The van der Waals surface area contributed by atoms with E-state index in [1.54, 1.807) is 37.3 Å². The first kappa shape index (κ1) is 19.1. The smallest absolute Gasteiger partial charge is 0.254 e. The number of unbranched alkanes of at least 4 members (excludes halogenated alkanes) is 1. The Hall–Kier alpha value is -2.20. The number of benzene rings is 2. The number of hydrogen-bond donors (Lipinski definition) is 0. The Morgan fingerprint density at radius 3 is 2.48 bits per heavy atom. The quantitative estimate of drug-likeness (QED) is 0.634. The Bertz CT molecular complexity index is 701. The summed E-state index contributed by atoms with van der Waals surface area (Å²) in [5.41, 5.74) is 1.59. The maximum atomic E-state index is 12.7. The minimum atomic E-state index is -0.0756. The van der Waals surface area contributed by atoms with Crippen molar-refractivity contribution in [3.63, 3.8) is 0 Å². The van der Waals surface area contributed by atoms with Crippen molar-refractivity contribution in [1.82, 2.24) is 4.90 Å². The molecule has 0 fully saturated rings. The Balaban J connectivity index is 2.08. The summed E-state index contributed by atoms with van der Waals surface area (Å²) >= 11 is 5.89. The van der Waals surface area contributed by atoms with Gasteiger partial charge in [0, 0.05) is 24.2 Å². The monoisotopic (exact) mass is 361 g/mol. The van der Waals surface area contributed by atoms with Crippen molar-refractivity contribution in [2.75, 3.05) is 20.8 Å². The van der Waals surface area contributed by atoms with Crippen LogP contribution in [0.3, 0.4) is 0 Å². The van der Waals surface area contributed by atoms with Crippen molar-refractivity contribution in [3.8, 4) is 11.5 Å². The summed E-state index contributed by atoms with van der Waals surface area (Å²) in [5.74, 6) is 1.16. The highest BCUT2D eigenvalue weighted by Crippen LogP contribution is 2.29. The number of carbonyl (C=O) groups is 1. The number of carbonyl (C=O) groups excluding carboxylic acids is 1. The van der Waals surface area contributed by atoms with Gasteiger partial charge in [-0.25, -0.2) is 0 Å². The number of rotatable bonds is 8. The van der Waals surface area contributed by atoms with Crippen LogP contribution >= 0.6 is 11.6 Å². The number of hydrogen-bond acceptors (Lipinski definition) is 3. The van der Waals surface area contributed by atoms with Crippen LogP contribution in [0, 0.1) is 0 Å². The first-order valence-corrected chi connectivity index (χ1v) is 8.73. The molecule has 0 aliphatic heterocycles. The number of amides is 1. The van der Waals surface area contributed by atoms with Gasteiger partial charge in [0.2, 0.25) is 0 Å². The molecule has 0 spiro atoms. The highest BCUT2D eigenvalue weighted by Gasteiger charge is 2.15. The molecule has 2 rings (SSSR count). The maximum Gasteiger partial charge on any atom is 0.254 e. The van der Waals surface area contributed by atoms with Crippen LogP contribution in [0.15, 0.2) is 42.5 Å². The van der Waals surface area contributed by atoms with E-state index in [4.69, 9.17) is 21.1 Å². The third-order valence-electron chi connectivity index (χ3n) is 3.85. The third-order valence-corrected chi connectivity index (χ3v) is 4.10. The van der Waals surface area contributed by atoms with Crippen LogP contribution in [-0.4, -0.2) is 31.6 Å². The van der Waals surface area contributed by atoms with Crippen LogP contribution in [0.25, 0.3) is 0 Å². The summed E-state index contributed by atoms with van der Waals surface area (Å²) < 4.78 is 11.1. The second kappa shape index (κ2) is 9.33. The van der Waals surface area contributed by atoms with Gasteiger partial charge in [0.1, 0.15) is 0 Å². The van der Waals surface area contributed by atoms with Crippen LogP contribution in [0.2, 0.25) is 5.02 Å². The van der Waals surface area contributed by atoms with Crippen molar-refractivity contribution in [1.29, 1.82) is 0 Å². The highest BCUT2D eigenvalue weighted by molar-refractivity contribution is 6.30. The van der Waals surface area contributed by atoms with E-state index in [1.165, 1.54) is 0 Å². The van der Waals surface area contributed by atoms with Crippen molar-refractivity contribution >= 4 is 17.5 Å². The van der Waals surface area contributed by atoms with Gasteiger partial charge in [0.25, 0.3) is 5.91 Å². The lowest BCUT2D eigenvalue weighted by Crippen LogP contribution is -2.26. The Kier molecular flexibility index (Phi) is 7.14. The van der Waals surface area contributed by atoms with Crippen LogP contribution < -0.4 is 9.47 Å². The standard InChI is InChI=1S/C20H24ClNO3/c1-4-5-12-25-18-11-8-16(13-19(18)24-3)20(23)22(2)14-15-6-9-17(21)10-7-15/h6-11,13H,4-5,12,14H2,1-3H3. The van der Waals surface area contributed by atoms with Crippen LogP contribution in [0.4, 0.5) is 0 Å². The van der Waals surface area contributed by atoms with Crippen molar-refractivity contribution in [3.05, 3.63) is 58.6 Å². The zero-order valence-corrected chi connectivity index (χ0v) is 15.7. The number of methoxy groups -OCH3 is 1. The van der Waals surface area contributed by atoms with Gasteiger partial charge in [-0.1, -0.05) is 37.1 Å². The lowest BCUT2D eigenvalue weighted by Gasteiger charge is -2.18. The van der Waals surface area contributed by atoms with Gasteiger partial charge in [-0.3, -0.25) is 4.79 Å². The predicted molar refractivity (Wildman–Crippen MR) is 101 cm³/mol.